The van der Waals surface area contributed by atoms with Gasteiger partial charge in [0.1, 0.15) is 0 Å². The Morgan fingerprint density at radius 2 is 1.67 bits per heavy atom. The summed E-state index contributed by atoms with van der Waals surface area (Å²) in [6.07, 6.45) is 3.47. The molecule has 0 unspecified atom stereocenters. The standard InChI is InChI=1S/C16H26N2/c1-13(2)11-14-3-5-15(6-4-14)12-18-9-7-16(17)8-10-18/h3-6,13,16H,7-12,17H2,1-2H3. The lowest BCUT2D eigenvalue weighted by molar-refractivity contribution is 0.205. The summed E-state index contributed by atoms with van der Waals surface area (Å²) in [5.74, 6) is 0.736. The van der Waals surface area contributed by atoms with Crippen LogP contribution in [-0.4, -0.2) is 24.0 Å². The van der Waals surface area contributed by atoms with Crippen LogP contribution in [-0.2, 0) is 13.0 Å². The van der Waals surface area contributed by atoms with Gasteiger partial charge >= 0.3 is 0 Å². The van der Waals surface area contributed by atoms with E-state index in [-0.39, 0.29) is 0 Å². The van der Waals surface area contributed by atoms with Gasteiger partial charge in [-0.2, -0.15) is 0 Å². The van der Waals surface area contributed by atoms with E-state index in [4.69, 9.17) is 5.73 Å². The first-order chi connectivity index (χ1) is 8.63. The second kappa shape index (κ2) is 6.35. The van der Waals surface area contributed by atoms with E-state index in [0.717, 1.165) is 38.4 Å². The van der Waals surface area contributed by atoms with Crippen LogP contribution >= 0.6 is 0 Å². The Kier molecular flexibility index (Phi) is 4.79. The minimum Gasteiger partial charge on any atom is -0.328 e. The van der Waals surface area contributed by atoms with E-state index < -0.39 is 0 Å². The van der Waals surface area contributed by atoms with E-state index in [1.165, 1.54) is 17.5 Å². The van der Waals surface area contributed by atoms with Crippen molar-refractivity contribution < 1.29 is 0 Å². The van der Waals surface area contributed by atoms with Crippen molar-refractivity contribution in [3.8, 4) is 0 Å². The summed E-state index contributed by atoms with van der Waals surface area (Å²) >= 11 is 0. The Hall–Kier alpha value is -0.860. The highest BCUT2D eigenvalue weighted by atomic mass is 15.1. The van der Waals surface area contributed by atoms with Gasteiger partial charge in [0.15, 0.2) is 0 Å². The third-order valence-electron chi connectivity index (χ3n) is 3.71. The number of hydrogen-bond acceptors (Lipinski definition) is 2. The molecule has 0 aliphatic carbocycles. The first-order valence-corrected chi connectivity index (χ1v) is 7.19. The Bertz CT molecular complexity index is 348. The minimum absolute atomic E-state index is 0.426. The molecule has 0 spiro atoms. The first-order valence-electron chi connectivity index (χ1n) is 7.19. The Morgan fingerprint density at radius 1 is 1.11 bits per heavy atom. The summed E-state index contributed by atoms with van der Waals surface area (Å²) in [7, 11) is 0. The molecule has 1 aromatic carbocycles. The number of benzene rings is 1. The molecule has 0 aromatic heterocycles. The molecule has 0 bridgehead atoms. The lowest BCUT2D eigenvalue weighted by Crippen LogP contribution is -2.39. The van der Waals surface area contributed by atoms with Gasteiger partial charge in [0.2, 0.25) is 0 Å². The maximum atomic E-state index is 5.93. The predicted octanol–water partition coefficient (Wildman–Crippen LogP) is 2.81. The second-order valence-electron chi connectivity index (χ2n) is 6.03. The van der Waals surface area contributed by atoms with Crippen molar-refractivity contribution in [3.05, 3.63) is 35.4 Å². The molecule has 18 heavy (non-hydrogen) atoms. The largest absolute Gasteiger partial charge is 0.328 e. The molecule has 2 nitrogen and oxygen atoms in total. The van der Waals surface area contributed by atoms with Crippen LogP contribution < -0.4 is 5.73 Å². The maximum Gasteiger partial charge on any atom is 0.0233 e. The average Bonchev–Trinajstić information content (AvgIpc) is 2.34. The fraction of sp³-hybridized carbons (Fsp3) is 0.625. The normalized spacial score (nSPS) is 18.4. The highest BCUT2D eigenvalue weighted by Crippen LogP contribution is 2.14. The molecule has 1 saturated heterocycles. The molecule has 1 aromatic rings. The predicted molar refractivity (Wildman–Crippen MR) is 77.5 cm³/mol. The van der Waals surface area contributed by atoms with E-state index in [2.05, 4.69) is 43.0 Å². The molecular weight excluding hydrogens is 220 g/mol. The molecule has 2 rings (SSSR count). The number of rotatable bonds is 4. The van der Waals surface area contributed by atoms with Crippen LogP contribution in [0.15, 0.2) is 24.3 Å². The molecule has 0 atom stereocenters. The summed E-state index contributed by atoms with van der Waals surface area (Å²) in [6.45, 7) is 7.91. The molecule has 0 saturated carbocycles. The molecule has 2 heteroatoms. The Labute approximate surface area is 111 Å². The number of likely N-dealkylation sites (tertiary alicyclic amines) is 1. The van der Waals surface area contributed by atoms with E-state index in [1.54, 1.807) is 0 Å². The summed E-state index contributed by atoms with van der Waals surface area (Å²) in [5, 5.41) is 0. The Morgan fingerprint density at radius 3 is 2.22 bits per heavy atom. The van der Waals surface area contributed by atoms with Crippen molar-refractivity contribution in [3.63, 3.8) is 0 Å². The number of nitrogens with zero attached hydrogens (tertiary/aromatic N) is 1. The van der Waals surface area contributed by atoms with Crippen molar-refractivity contribution in [1.82, 2.24) is 4.90 Å². The van der Waals surface area contributed by atoms with Gasteiger partial charge in [-0.05, 0) is 49.4 Å². The van der Waals surface area contributed by atoms with Crippen LogP contribution in [0.4, 0.5) is 0 Å². The van der Waals surface area contributed by atoms with Crippen molar-refractivity contribution in [1.29, 1.82) is 0 Å². The third kappa shape index (κ3) is 4.11. The minimum atomic E-state index is 0.426. The van der Waals surface area contributed by atoms with Crippen molar-refractivity contribution in [2.45, 2.75) is 45.7 Å². The van der Waals surface area contributed by atoms with E-state index in [1.807, 2.05) is 0 Å². The van der Waals surface area contributed by atoms with Crippen molar-refractivity contribution in [2.75, 3.05) is 13.1 Å². The lowest BCUT2D eigenvalue weighted by atomic mass is 10.0. The fourth-order valence-electron chi connectivity index (χ4n) is 2.62. The van der Waals surface area contributed by atoms with Crippen LogP contribution in [0.3, 0.4) is 0 Å². The monoisotopic (exact) mass is 246 g/mol. The Balaban J connectivity index is 1.86. The van der Waals surface area contributed by atoms with E-state index >= 15 is 0 Å². The van der Waals surface area contributed by atoms with E-state index in [9.17, 15) is 0 Å². The van der Waals surface area contributed by atoms with Gasteiger partial charge in [0, 0.05) is 12.6 Å². The SMILES string of the molecule is CC(C)Cc1ccc(CN2CCC(N)CC2)cc1. The van der Waals surface area contributed by atoms with Gasteiger partial charge in [-0.1, -0.05) is 38.1 Å². The van der Waals surface area contributed by atoms with Crippen LogP contribution in [0.2, 0.25) is 0 Å². The van der Waals surface area contributed by atoms with Gasteiger partial charge in [0.05, 0.1) is 0 Å². The molecule has 1 heterocycles. The van der Waals surface area contributed by atoms with Crippen LogP contribution in [0, 0.1) is 5.92 Å². The molecule has 1 aliphatic heterocycles. The van der Waals surface area contributed by atoms with Gasteiger partial charge in [-0.3, -0.25) is 4.90 Å². The molecule has 0 amide bonds. The van der Waals surface area contributed by atoms with Crippen molar-refractivity contribution >= 4 is 0 Å². The smallest absolute Gasteiger partial charge is 0.0233 e. The molecular formula is C16H26N2. The summed E-state index contributed by atoms with van der Waals surface area (Å²) < 4.78 is 0. The summed E-state index contributed by atoms with van der Waals surface area (Å²) in [4.78, 5) is 2.51. The molecule has 2 N–H and O–H groups in total. The van der Waals surface area contributed by atoms with Crippen LogP contribution in [0.25, 0.3) is 0 Å². The number of piperidine rings is 1. The molecule has 100 valence electrons. The fourth-order valence-corrected chi connectivity index (χ4v) is 2.62. The van der Waals surface area contributed by atoms with Gasteiger partial charge in [-0.25, -0.2) is 0 Å². The lowest BCUT2D eigenvalue weighted by Gasteiger charge is -2.30. The summed E-state index contributed by atoms with van der Waals surface area (Å²) in [6, 6.07) is 9.56. The van der Waals surface area contributed by atoms with Gasteiger partial charge in [0.25, 0.3) is 0 Å². The zero-order chi connectivity index (χ0) is 13.0. The highest BCUT2D eigenvalue weighted by Gasteiger charge is 2.15. The van der Waals surface area contributed by atoms with E-state index in [0.29, 0.717) is 6.04 Å². The zero-order valence-electron chi connectivity index (χ0n) is 11.7. The maximum absolute atomic E-state index is 5.93. The average molecular weight is 246 g/mol. The first kappa shape index (κ1) is 13.6. The molecule has 1 aliphatic rings. The van der Waals surface area contributed by atoms with Gasteiger partial charge < -0.3 is 5.73 Å². The summed E-state index contributed by atoms with van der Waals surface area (Å²) in [5.41, 5.74) is 8.81. The van der Waals surface area contributed by atoms with Crippen LogP contribution in [0.1, 0.15) is 37.8 Å². The topological polar surface area (TPSA) is 29.3 Å². The molecule has 0 radical (unpaired) electrons. The highest BCUT2D eigenvalue weighted by molar-refractivity contribution is 5.22. The number of hydrogen-bond donors (Lipinski definition) is 1. The molecule has 1 fully saturated rings. The third-order valence-corrected chi connectivity index (χ3v) is 3.71. The number of nitrogens with two attached hydrogens (primary N) is 1. The zero-order valence-corrected chi connectivity index (χ0v) is 11.7. The second-order valence-corrected chi connectivity index (χ2v) is 6.03. The van der Waals surface area contributed by atoms with Crippen molar-refractivity contribution in [2.24, 2.45) is 11.7 Å². The van der Waals surface area contributed by atoms with Crippen LogP contribution in [0.5, 0.6) is 0 Å². The van der Waals surface area contributed by atoms with Gasteiger partial charge in [-0.15, -0.1) is 0 Å². The quantitative estimate of drug-likeness (QED) is 0.885.